The van der Waals surface area contributed by atoms with E-state index in [0.29, 0.717) is 0 Å². The molecule has 1 aromatic heterocycles. The summed E-state index contributed by atoms with van der Waals surface area (Å²) >= 11 is 0. The molecule has 0 unspecified atom stereocenters. The number of hydrogen-bond acceptors (Lipinski definition) is 6. The number of carbonyl (C=O) groups is 1. The summed E-state index contributed by atoms with van der Waals surface area (Å²) in [5, 5.41) is 22.9. The van der Waals surface area contributed by atoms with Crippen molar-refractivity contribution in [2.24, 2.45) is 0 Å². The van der Waals surface area contributed by atoms with E-state index in [2.05, 4.69) is 5.10 Å². The van der Waals surface area contributed by atoms with Gasteiger partial charge in [-0.1, -0.05) is 6.92 Å². The van der Waals surface area contributed by atoms with Gasteiger partial charge in [0.15, 0.2) is 0 Å². The molecule has 0 atom stereocenters. The fourth-order valence-electron chi connectivity index (χ4n) is 1.40. The highest BCUT2D eigenvalue weighted by atomic mass is 32.2. The molecule has 0 aromatic carbocycles. The average Bonchev–Trinajstić information content (AvgIpc) is 2.73. The van der Waals surface area contributed by atoms with Crippen molar-refractivity contribution in [3.8, 4) is 0 Å². The van der Waals surface area contributed by atoms with Gasteiger partial charge in [-0.25, -0.2) is 13.2 Å². The zero-order valence-electron chi connectivity index (χ0n) is 10.1. The van der Waals surface area contributed by atoms with Crippen molar-refractivity contribution in [1.82, 2.24) is 9.78 Å². The first-order valence-corrected chi connectivity index (χ1v) is 7.24. The second-order valence-corrected chi connectivity index (χ2v) is 6.25. The standard InChI is InChI=1S/C9H13N3O6S/c1-2-19(17,18)5-3-4-11-6-7(12(15)16)8(10-11)9(13)14/h6H,2-5H2,1H3,(H,13,14). The molecule has 0 aliphatic carbocycles. The Balaban J connectivity index is 2.78. The molecule has 0 saturated carbocycles. The van der Waals surface area contributed by atoms with Crippen LogP contribution in [0.5, 0.6) is 0 Å². The zero-order chi connectivity index (χ0) is 14.6. The minimum absolute atomic E-state index is 0.0205. The maximum Gasteiger partial charge on any atom is 0.363 e. The van der Waals surface area contributed by atoms with Crippen molar-refractivity contribution in [3.05, 3.63) is 22.0 Å². The molecule has 1 rings (SSSR count). The third-order valence-electron chi connectivity index (χ3n) is 2.42. The molecule has 1 aromatic rings. The van der Waals surface area contributed by atoms with Crippen LogP contribution in [-0.2, 0) is 16.4 Å². The molecule has 0 bridgehead atoms. The largest absolute Gasteiger partial charge is 0.476 e. The van der Waals surface area contributed by atoms with Crippen molar-refractivity contribution in [1.29, 1.82) is 0 Å². The summed E-state index contributed by atoms with van der Waals surface area (Å²) in [6.45, 7) is 1.63. The lowest BCUT2D eigenvalue weighted by molar-refractivity contribution is -0.385. The Hall–Kier alpha value is -1.97. The minimum Gasteiger partial charge on any atom is -0.476 e. The van der Waals surface area contributed by atoms with Crippen LogP contribution in [0.15, 0.2) is 6.20 Å². The Morgan fingerprint density at radius 2 is 2.21 bits per heavy atom. The van der Waals surface area contributed by atoms with Crippen LogP contribution in [-0.4, -0.2) is 45.7 Å². The minimum atomic E-state index is -3.12. The van der Waals surface area contributed by atoms with E-state index in [1.165, 1.54) is 6.92 Å². The monoisotopic (exact) mass is 291 g/mol. The SMILES string of the molecule is CCS(=O)(=O)CCCn1cc([N+](=O)[O-])c(C(=O)O)n1. The summed E-state index contributed by atoms with van der Waals surface area (Å²) in [5.74, 6) is -1.54. The molecule has 19 heavy (non-hydrogen) atoms. The fraction of sp³-hybridized carbons (Fsp3) is 0.556. The Kier molecular flexibility index (Phi) is 4.59. The number of aromatic nitrogens is 2. The van der Waals surface area contributed by atoms with Crippen LogP contribution in [0, 0.1) is 10.1 Å². The van der Waals surface area contributed by atoms with E-state index in [-0.39, 0.29) is 24.5 Å². The molecule has 9 nitrogen and oxygen atoms in total. The van der Waals surface area contributed by atoms with Crippen LogP contribution in [0.3, 0.4) is 0 Å². The van der Waals surface area contributed by atoms with Gasteiger partial charge in [0.25, 0.3) is 0 Å². The number of nitro groups is 1. The Morgan fingerprint density at radius 3 is 2.63 bits per heavy atom. The molecule has 0 spiro atoms. The fourth-order valence-corrected chi connectivity index (χ4v) is 2.26. The molecule has 0 radical (unpaired) electrons. The second-order valence-electron chi connectivity index (χ2n) is 3.78. The van der Waals surface area contributed by atoms with Crippen molar-refractivity contribution >= 4 is 21.5 Å². The third-order valence-corrected chi connectivity index (χ3v) is 4.21. The first-order chi connectivity index (χ1) is 8.76. The number of carboxylic acids is 1. The quantitative estimate of drug-likeness (QED) is 0.564. The average molecular weight is 291 g/mol. The Labute approximate surface area is 108 Å². The Morgan fingerprint density at radius 1 is 1.58 bits per heavy atom. The predicted molar refractivity (Wildman–Crippen MR) is 64.8 cm³/mol. The number of aromatic carboxylic acids is 1. The van der Waals surface area contributed by atoms with Crippen LogP contribution in [0.4, 0.5) is 5.69 Å². The molecule has 1 heterocycles. The van der Waals surface area contributed by atoms with Gasteiger partial charge in [-0.2, -0.15) is 5.10 Å². The van der Waals surface area contributed by atoms with E-state index < -0.39 is 32.1 Å². The molecule has 0 aliphatic heterocycles. The normalized spacial score (nSPS) is 11.4. The topological polar surface area (TPSA) is 132 Å². The molecular weight excluding hydrogens is 278 g/mol. The summed E-state index contributed by atoms with van der Waals surface area (Å²) < 4.78 is 23.6. The lowest BCUT2D eigenvalue weighted by Crippen LogP contribution is -2.12. The van der Waals surface area contributed by atoms with Crippen LogP contribution in [0.1, 0.15) is 23.8 Å². The van der Waals surface area contributed by atoms with E-state index >= 15 is 0 Å². The lowest BCUT2D eigenvalue weighted by Gasteiger charge is -2.01. The molecule has 0 amide bonds. The zero-order valence-corrected chi connectivity index (χ0v) is 11.0. The van der Waals surface area contributed by atoms with Crippen molar-refractivity contribution in [2.75, 3.05) is 11.5 Å². The lowest BCUT2D eigenvalue weighted by atomic mass is 10.4. The second kappa shape index (κ2) is 5.78. The van der Waals surface area contributed by atoms with E-state index in [1.54, 1.807) is 0 Å². The number of nitrogens with zero attached hydrogens (tertiary/aromatic N) is 3. The number of hydrogen-bond donors (Lipinski definition) is 1. The maximum absolute atomic E-state index is 11.2. The molecule has 0 saturated heterocycles. The van der Waals surface area contributed by atoms with Gasteiger partial charge in [0, 0.05) is 12.3 Å². The summed E-state index contributed by atoms with van der Waals surface area (Å²) in [5.41, 5.74) is -1.26. The van der Waals surface area contributed by atoms with Crippen LogP contribution in [0.2, 0.25) is 0 Å². The number of aryl methyl sites for hydroxylation is 1. The van der Waals surface area contributed by atoms with Crippen molar-refractivity contribution in [2.45, 2.75) is 19.9 Å². The van der Waals surface area contributed by atoms with E-state index in [4.69, 9.17) is 5.11 Å². The molecule has 0 fully saturated rings. The van der Waals surface area contributed by atoms with E-state index in [1.807, 2.05) is 0 Å². The van der Waals surface area contributed by atoms with Crippen molar-refractivity contribution in [3.63, 3.8) is 0 Å². The molecule has 1 N–H and O–H groups in total. The summed E-state index contributed by atoms with van der Waals surface area (Å²) in [6.07, 6.45) is 1.20. The number of carboxylic acid groups (broad SMARTS) is 1. The van der Waals surface area contributed by atoms with Crippen LogP contribution in [0.25, 0.3) is 0 Å². The van der Waals surface area contributed by atoms with Gasteiger partial charge in [-0.05, 0) is 6.42 Å². The first kappa shape index (κ1) is 15.1. The van der Waals surface area contributed by atoms with Gasteiger partial charge in [0.05, 0.1) is 10.7 Å². The number of sulfone groups is 1. The van der Waals surface area contributed by atoms with E-state index in [0.717, 1.165) is 10.9 Å². The van der Waals surface area contributed by atoms with E-state index in [9.17, 15) is 23.3 Å². The highest BCUT2D eigenvalue weighted by molar-refractivity contribution is 7.91. The van der Waals surface area contributed by atoms with Crippen LogP contribution >= 0.6 is 0 Å². The highest BCUT2D eigenvalue weighted by Crippen LogP contribution is 2.16. The first-order valence-electron chi connectivity index (χ1n) is 5.42. The Bertz CT molecular complexity index is 560. The van der Waals surface area contributed by atoms with Gasteiger partial charge in [-0.3, -0.25) is 14.8 Å². The molecule has 0 aliphatic rings. The van der Waals surface area contributed by atoms with Gasteiger partial charge in [0.2, 0.25) is 5.69 Å². The third kappa shape index (κ3) is 4.02. The summed E-state index contributed by atoms with van der Waals surface area (Å²) in [4.78, 5) is 20.5. The smallest absolute Gasteiger partial charge is 0.363 e. The van der Waals surface area contributed by atoms with Gasteiger partial charge in [0.1, 0.15) is 16.0 Å². The van der Waals surface area contributed by atoms with Crippen LogP contribution < -0.4 is 0 Å². The van der Waals surface area contributed by atoms with Gasteiger partial charge < -0.3 is 5.11 Å². The maximum atomic E-state index is 11.2. The summed E-state index contributed by atoms with van der Waals surface area (Å²) in [7, 11) is -3.12. The molecular formula is C9H13N3O6S. The van der Waals surface area contributed by atoms with Gasteiger partial charge >= 0.3 is 11.7 Å². The van der Waals surface area contributed by atoms with Crippen molar-refractivity contribution < 1.29 is 23.2 Å². The molecule has 10 heteroatoms. The predicted octanol–water partition coefficient (Wildman–Crippen LogP) is 0.314. The molecule has 106 valence electrons. The number of rotatable bonds is 7. The summed E-state index contributed by atoms with van der Waals surface area (Å²) in [6, 6.07) is 0. The highest BCUT2D eigenvalue weighted by Gasteiger charge is 2.25. The van der Waals surface area contributed by atoms with Gasteiger partial charge in [-0.15, -0.1) is 0 Å².